The summed E-state index contributed by atoms with van der Waals surface area (Å²) in [6, 6.07) is 7.99. The van der Waals surface area contributed by atoms with E-state index in [1.807, 2.05) is 5.32 Å². The first-order valence-electron chi connectivity index (χ1n) is 10.6. The van der Waals surface area contributed by atoms with Gasteiger partial charge >= 0.3 is 6.18 Å². The lowest BCUT2D eigenvalue weighted by Crippen LogP contribution is -2.28. The highest BCUT2D eigenvalue weighted by Gasteiger charge is 2.31. The number of benzene rings is 2. The van der Waals surface area contributed by atoms with Gasteiger partial charge in [-0.05, 0) is 55.7 Å². The number of carboxylic acid groups (broad SMARTS) is 1. The van der Waals surface area contributed by atoms with Crippen molar-refractivity contribution in [1.29, 1.82) is 0 Å². The average Bonchev–Trinajstić information content (AvgIpc) is 3.46. The minimum atomic E-state index is -4.62. The highest BCUT2D eigenvalue weighted by molar-refractivity contribution is 7.16. The number of aromatic nitrogens is 3. The Kier molecular flexibility index (Phi) is 6.99. The molecule has 2 amide bonds. The van der Waals surface area contributed by atoms with Crippen molar-refractivity contribution < 1.29 is 27.9 Å². The Morgan fingerprint density at radius 2 is 1.84 bits per heavy atom. The van der Waals surface area contributed by atoms with Crippen LogP contribution >= 0.6 is 11.3 Å². The molecule has 4 rings (SSSR count). The Bertz CT molecular complexity index is 1560. The molecular weight excluding hydrogens is 507 g/mol. The summed E-state index contributed by atoms with van der Waals surface area (Å²) in [4.78, 5) is 31.9. The van der Waals surface area contributed by atoms with Gasteiger partial charge in [-0.2, -0.15) is 13.2 Å². The van der Waals surface area contributed by atoms with Crippen molar-refractivity contribution in [3.63, 3.8) is 0 Å². The molecule has 2 aromatic carbocycles. The van der Waals surface area contributed by atoms with Crippen molar-refractivity contribution in [1.82, 2.24) is 14.5 Å². The lowest BCUT2D eigenvalue weighted by atomic mass is 10.0. The van der Waals surface area contributed by atoms with Crippen molar-refractivity contribution in [3.8, 4) is 17.5 Å². The average molecular weight is 525 g/mol. The number of anilines is 2. The lowest BCUT2D eigenvalue weighted by Gasteiger charge is -2.14. The molecular formula is C25H17F3N5O3S-. The quantitative estimate of drug-likeness (QED) is 0.385. The van der Waals surface area contributed by atoms with E-state index >= 15 is 0 Å². The zero-order valence-electron chi connectivity index (χ0n) is 19.3. The first-order chi connectivity index (χ1) is 17.5. The first-order valence-corrected chi connectivity index (χ1v) is 11.4. The molecule has 0 atom stereocenters. The maximum Gasteiger partial charge on any atom is 0.416 e. The van der Waals surface area contributed by atoms with E-state index in [9.17, 15) is 27.9 Å². The minimum absolute atomic E-state index is 0.0352. The summed E-state index contributed by atoms with van der Waals surface area (Å²) < 4.78 is 42.0. The van der Waals surface area contributed by atoms with Gasteiger partial charge in [0.2, 0.25) is 0 Å². The Morgan fingerprint density at radius 1 is 1.05 bits per heavy atom. The number of alkyl halides is 3. The molecule has 2 N–H and O–H groups in total. The monoisotopic (exact) mass is 524 g/mol. The van der Waals surface area contributed by atoms with Gasteiger partial charge in [-0.1, -0.05) is 23.3 Å². The highest BCUT2D eigenvalue weighted by atomic mass is 32.1. The largest absolute Gasteiger partial charge is 0.530 e. The number of hydrogen-bond acceptors (Lipinski definition) is 6. The second kappa shape index (κ2) is 10.2. The van der Waals surface area contributed by atoms with Gasteiger partial charge in [-0.25, -0.2) is 9.97 Å². The summed E-state index contributed by atoms with van der Waals surface area (Å²) in [6.45, 7) is 3.50. The Labute approximate surface area is 212 Å². The number of imidazole rings is 1. The van der Waals surface area contributed by atoms with Crippen LogP contribution in [0.1, 0.15) is 37.6 Å². The molecule has 0 aliphatic heterocycles. The highest BCUT2D eigenvalue weighted by Crippen LogP contribution is 2.33. The number of thiazole rings is 1. The van der Waals surface area contributed by atoms with E-state index in [4.69, 9.17) is 0 Å². The third-order valence-corrected chi connectivity index (χ3v) is 5.88. The maximum absolute atomic E-state index is 13.5. The number of nitrogens with one attached hydrogen (secondary N) is 2. The van der Waals surface area contributed by atoms with Crippen molar-refractivity contribution in [2.75, 3.05) is 10.6 Å². The SMILES string of the molecule is Cc1cn(-c2cc(NC(=O)c3ccc(C)c(C#Cc4cnc(NC(=O)[O-])s4)c3)cc(C(F)(F)F)c2)cn1. The molecule has 0 aliphatic carbocycles. The number of hydrogen-bond donors (Lipinski definition) is 2. The molecule has 12 heteroatoms. The number of halogens is 3. The van der Waals surface area contributed by atoms with Gasteiger partial charge in [0, 0.05) is 28.7 Å². The van der Waals surface area contributed by atoms with E-state index < -0.39 is 23.7 Å². The van der Waals surface area contributed by atoms with Crippen molar-refractivity contribution in [2.45, 2.75) is 20.0 Å². The van der Waals surface area contributed by atoms with Crippen LogP contribution in [-0.4, -0.2) is 26.5 Å². The number of carbonyl (C=O) groups is 2. The first kappa shape index (κ1) is 25.5. The van der Waals surface area contributed by atoms with Crippen LogP contribution in [0.3, 0.4) is 0 Å². The third kappa shape index (κ3) is 6.33. The molecule has 0 saturated carbocycles. The van der Waals surface area contributed by atoms with E-state index in [-0.39, 0.29) is 22.1 Å². The van der Waals surface area contributed by atoms with Crippen LogP contribution in [0.25, 0.3) is 5.69 Å². The van der Waals surface area contributed by atoms with Gasteiger partial charge in [-0.15, -0.1) is 0 Å². The molecule has 0 bridgehead atoms. The molecule has 0 saturated heterocycles. The molecule has 0 radical (unpaired) electrons. The number of amides is 2. The second-order valence-electron chi connectivity index (χ2n) is 7.86. The lowest BCUT2D eigenvalue weighted by molar-refractivity contribution is -0.242. The third-order valence-electron chi connectivity index (χ3n) is 5.05. The van der Waals surface area contributed by atoms with E-state index in [1.165, 1.54) is 35.3 Å². The van der Waals surface area contributed by atoms with Crippen LogP contribution in [0.2, 0.25) is 0 Å². The van der Waals surface area contributed by atoms with Gasteiger partial charge in [0.05, 0.1) is 28.7 Å². The summed E-state index contributed by atoms with van der Waals surface area (Å²) >= 11 is 1.01. The number of carbonyl (C=O) groups excluding carboxylic acids is 2. The van der Waals surface area contributed by atoms with E-state index in [1.54, 1.807) is 26.1 Å². The van der Waals surface area contributed by atoms with Crippen LogP contribution in [0.15, 0.2) is 55.1 Å². The fraction of sp³-hybridized carbons (Fsp3) is 0.120. The Balaban J connectivity index is 1.60. The molecule has 0 fully saturated rings. The summed E-state index contributed by atoms with van der Waals surface area (Å²) in [5.41, 5.74) is 1.33. The van der Waals surface area contributed by atoms with E-state index in [0.717, 1.165) is 29.0 Å². The summed E-state index contributed by atoms with van der Waals surface area (Å²) in [5.74, 6) is 5.14. The van der Waals surface area contributed by atoms with E-state index in [0.29, 0.717) is 16.1 Å². The van der Waals surface area contributed by atoms with Crippen molar-refractivity contribution in [2.24, 2.45) is 0 Å². The van der Waals surface area contributed by atoms with Gasteiger partial charge < -0.3 is 25.1 Å². The summed E-state index contributed by atoms with van der Waals surface area (Å²) in [7, 11) is 0. The Hall–Kier alpha value is -4.63. The smallest absolute Gasteiger partial charge is 0.416 e. The molecule has 2 heterocycles. The van der Waals surface area contributed by atoms with E-state index in [2.05, 4.69) is 27.1 Å². The summed E-state index contributed by atoms with van der Waals surface area (Å²) in [6.07, 6.45) is -1.75. The fourth-order valence-electron chi connectivity index (χ4n) is 3.27. The van der Waals surface area contributed by atoms with Gasteiger partial charge in [0.15, 0.2) is 5.13 Å². The fourth-order valence-corrected chi connectivity index (χ4v) is 3.92. The number of nitrogens with zero attached hydrogens (tertiary/aromatic N) is 3. The topological polar surface area (TPSA) is 112 Å². The summed E-state index contributed by atoms with van der Waals surface area (Å²) in [5, 5.41) is 15.3. The van der Waals surface area contributed by atoms with Crippen molar-refractivity contribution >= 4 is 34.2 Å². The Morgan fingerprint density at radius 3 is 2.51 bits per heavy atom. The molecule has 0 spiro atoms. The van der Waals surface area contributed by atoms with Crippen LogP contribution in [-0.2, 0) is 6.18 Å². The standard InChI is InChI=1S/C25H18F3N5O3S/c1-14-3-4-17(7-16(14)5-6-21-11-29-23(37-21)32-24(35)36)22(34)31-19-8-18(25(26,27)28)9-20(10-19)33-12-15(2)30-13-33/h3-4,7-13H,1-2H3,(H,29,32)(H,31,34)(H,35,36)/p-1. The molecule has 0 aliphatic rings. The van der Waals surface area contributed by atoms with Crippen LogP contribution < -0.4 is 15.7 Å². The number of aryl methyl sites for hydroxylation is 2. The molecule has 8 nitrogen and oxygen atoms in total. The zero-order chi connectivity index (χ0) is 26.7. The molecule has 4 aromatic rings. The van der Waals surface area contributed by atoms with Crippen molar-refractivity contribution in [3.05, 3.63) is 87.9 Å². The van der Waals surface area contributed by atoms with Gasteiger partial charge in [0.25, 0.3) is 5.91 Å². The van der Waals surface area contributed by atoms with Crippen LogP contribution in [0, 0.1) is 25.7 Å². The molecule has 37 heavy (non-hydrogen) atoms. The van der Waals surface area contributed by atoms with Gasteiger partial charge in [-0.3, -0.25) is 4.79 Å². The molecule has 188 valence electrons. The molecule has 0 unspecified atom stereocenters. The number of rotatable bonds is 4. The minimum Gasteiger partial charge on any atom is -0.530 e. The zero-order valence-corrected chi connectivity index (χ0v) is 20.1. The van der Waals surface area contributed by atoms with Crippen LogP contribution in [0.4, 0.5) is 28.8 Å². The predicted octanol–water partition coefficient (Wildman–Crippen LogP) is 4.37. The normalized spacial score (nSPS) is 10.9. The predicted molar refractivity (Wildman–Crippen MR) is 130 cm³/mol. The van der Waals surface area contributed by atoms with Crippen LogP contribution in [0.5, 0.6) is 0 Å². The second-order valence-corrected chi connectivity index (χ2v) is 8.90. The molecule has 2 aromatic heterocycles. The maximum atomic E-state index is 13.5. The van der Waals surface area contributed by atoms with Gasteiger partial charge in [0.1, 0.15) is 6.09 Å².